The number of hydrogen-bond donors (Lipinski definition) is 0. The number of ether oxygens (including phenoxy) is 2. The molecular formula is C109H103N5O2S2Si4. The smallest absolute Gasteiger partial charge is 0.227 e. The van der Waals surface area contributed by atoms with E-state index < -0.39 is 32.3 Å². The molecule has 7 nitrogen and oxygen atoms in total. The largest absolute Gasteiger partial charge is 0.457 e. The van der Waals surface area contributed by atoms with Crippen LogP contribution in [-0.4, -0.2) is 56.6 Å². The van der Waals surface area contributed by atoms with Crippen molar-refractivity contribution in [1.29, 1.82) is 0 Å². The predicted molar refractivity (Wildman–Crippen MR) is 525 cm³/mol. The van der Waals surface area contributed by atoms with Gasteiger partial charge in [0.1, 0.15) is 42.8 Å². The molecule has 0 radical (unpaired) electrons. The topological polar surface area (TPSA) is 74.4 Å². The number of fused-ring (bicyclic) bond motifs is 11. The highest BCUT2D eigenvalue weighted by molar-refractivity contribution is 8.00. The Morgan fingerprint density at radius 1 is 0.377 bits per heavy atom. The Hall–Kier alpha value is -11.4. The van der Waals surface area contributed by atoms with Crippen molar-refractivity contribution in [3.8, 4) is 56.6 Å². The molecule has 0 N–H and O–H groups in total. The quantitative estimate of drug-likeness (QED) is 0.0943. The maximum Gasteiger partial charge on any atom is 0.227 e. The minimum Gasteiger partial charge on any atom is -0.457 e. The molecule has 3 aliphatic rings. The van der Waals surface area contributed by atoms with Gasteiger partial charge >= 0.3 is 0 Å². The third-order valence-corrected chi connectivity index (χ3v) is 48.6. The molecule has 13 heteroatoms. The van der Waals surface area contributed by atoms with Crippen LogP contribution in [0.5, 0.6) is 23.0 Å². The van der Waals surface area contributed by atoms with E-state index in [0.29, 0.717) is 5.82 Å². The molecule has 604 valence electrons. The normalized spacial score (nSPS) is 15.3. The second-order valence-corrected chi connectivity index (χ2v) is 56.9. The van der Waals surface area contributed by atoms with E-state index in [1.165, 1.54) is 116 Å². The molecule has 0 unspecified atom stereocenters. The van der Waals surface area contributed by atoms with Crippen LogP contribution in [0.4, 0.5) is 0 Å². The summed E-state index contributed by atoms with van der Waals surface area (Å²) in [4.78, 5) is 24.6. The van der Waals surface area contributed by atoms with E-state index in [9.17, 15) is 0 Å². The molecule has 0 saturated heterocycles. The zero-order valence-electron chi connectivity index (χ0n) is 72.6. The van der Waals surface area contributed by atoms with Gasteiger partial charge in [0.25, 0.3) is 0 Å². The van der Waals surface area contributed by atoms with Gasteiger partial charge in [-0.05, 0) is 138 Å². The Morgan fingerprint density at radius 2 is 0.852 bits per heavy atom. The number of thiazole rings is 1. The molecular weight excluding hydrogens is 1590 g/mol. The monoisotopic (exact) mass is 1690 g/mol. The molecule has 122 heavy (non-hydrogen) atoms. The third kappa shape index (κ3) is 12.7. The summed E-state index contributed by atoms with van der Waals surface area (Å²) < 4.78 is 17.7. The van der Waals surface area contributed by atoms with Crippen molar-refractivity contribution < 1.29 is 9.47 Å². The fraction of sp³-hybridized carbons (Fsp3) is 0.193. The molecule has 0 bridgehead atoms. The lowest BCUT2D eigenvalue weighted by Crippen LogP contribution is -2.76. The van der Waals surface area contributed by atoms with Gasteiger partial charge in [0.2, 0.25) is 8.07 Å². The number of aromatic nitrogens is 5. The van der Waals surface area contributed by atoms with E-state index in [-0.39, 0.29) is 26.7 Å². The summed E-state index contributed by atoms with van der Waals surface area (Å²) in [6.45, 7) is 38.4. The minimum atomic E-state index is -3.22. The minimum absolute atomic E-state index is 0.0524. The van der Waals surface area contributed by atoms with E-state index in [1.807, 2.05) is 11.8 Å². The van der Waals surface area contributed by atoms with Crippen LogP contribution in [0.2, 0.25) is 26.2 Å². The van der Waals surface area contributed by atoms with E-state index in [0.717, 1.165) is 55.6 Å². The van der Waals surface area contributed by atoms with Crippen LogP contribution in [0.25, 0.3) is 59.9 Å². The van der Waals surface area contributed by atoms with Crippen molar-refractivity contribution in [3.05, 3.63) is 362 Å². The Bertz CT molecular complexity index is 6860. The van der Waals surface area contributed by atoms with E-state index >= 15 is 0 Å². The number of para-hydroxylation sites is 6. The summed E-state index contributed by atoms with van der Waals surface area (Å²) in [5.41, 5.74) is 15.7. The van der Waals surface area contributed by atoms with Gasteiger partial charge in [-0.3, -0.25) is 4.40 Å². The summed E-state index contributed by atoms with van der Waals surface area (Å²) in [5, 5.41) is 13.2. The average Bonchev–Trinajstić information content (AvgIpc) is 1.15. The molecule has 0 saturated carbocycles. The van der Waals surface area contributed by atoms with Gasteiger partial charge in [-0.1, -0.05) is 417 Å². The van der Waals surface area contributed by atoms with E-state index in [2.05, 4.69) is 441 Å². The lowest BCUT2D eigenvalue weighted by atomic mass is 9.61. The van der Waals surface area contributed by atoms with Gasteiger partial charge in [0, 0.05) is 42.9 Å². The van der Waals surface area contributed by atoms with E-state index in [4.69, 9.17) is 29.4 Å². The Kier molecular flexibility index (Phi) is 19.7. The molecule has 17 aromatic rings. The van der Waals surface area contributed by atoms with Crippen LogP contribution in [0.3, 0.4) is 0 Å². The van der Waals surface area contributed by atoms with Gasteiger partial charge in [-0.15, -0.1) is 0 Å². The lowest BCUT2D eigenvalue weighted by molar-refractivity contribution is 0.306. The van der Waals surface area contributed by atoms with Crippen LogP contribution in [0.1, 0.15) is 111 Å². The maximum atomic E-state index is 7.30. The molecule has 6 heterocycles. The number of imidazole rings is 1. The zero-order valence-corrected chi connectivity index (χ0v) is 78.3. The van der Waals surface area contributed by atoms with Gasteiger partial charge in [-0.2, -0.15) is 0 Å². The summed E-state index contributed by atoms with van der Waals surface area (Å²) >= 11 is 3.73. The first kappa shape index (κ1) is 80.3. The van der Waals surface area contributed by atoms with Crippen molar-refractivity contribution >= 4 is 139 Å². The van der Waals surface area contributed by atoms with Crippen LogP contribution >= 0.6 is 23.1 Å². The standard InChI is InChI=1S/C63H60N2OSSi.C46H43N3OSSi3/c1-60(2,3)49-37-35-43(39-47(49)45-27-21-30-52-57(45)66-56-34-20-17-29-51(56)62(7,8)63(52,9)10)68(41-23-13-11-14-24-41,42-25-15-12-16-26-42)44-36-38-50(61(4,5)6)48(40-44)46-28-22-33-55-58(46)67-59-64-53-31-18-19-32-54(53)65(55)59;1-46(2)35-24-18-30-41(43(35)51-37-26-14-16-28-39(37)53(46,5)6)54(32-19-9-7-10-20-32,33-21-11-8-12-22-33)45-48-31-47-44(49-45)34-23-17-29-40-42(34)50-36-25-13-15-27-38(36)52(40,3)4/h11-40H,1-10H3;7-31H,1-6H3. The van der Waals surface area contributed by atoms with Crippen molar-refractivity contribution in [3.63, 3.8) is 0 Å². The first-order valence-electron chi connectivity index (χ1n) is 42.8. The molecule has 3 aliphatic heterocycles. The van der Waals surface area contributed by atoms with Crippen LogP contribution in [-0.2, 0) is 26.7 Å². The van der Waals surface area contributed by atoms with Crippen LogP contribution in [0, 0.1) is 0 Å². The molecule has 20 rings (SSSR count). The highest BCUT2D eigenvalue weighted by Gasteiger charge is 2.53. The molecule has 3 aromatic heterocycles. The van der Waals surface area contributed by atoms with Crippen molar-refractivity contribution in [2.45, 2.75) is 146 Å². The summed E-state index contributed by atoms with van der Waals surface area (Å²) in [6.07, 6.45) is 1.73. The highest BCUT2D eigenvalue weighted by Crippen LogP contribution is 2.56. The Balaban J connectivity index is 0.000000165. The fourth-order valence-electron chi connectivity index (χ4n) is 20.1. The van der Waals surface area contributed by atoms with Gasteiger partial charge in [0.05, 0.1) is 34.9 Å². The lowest BCUT2D eigenvalue weighted by Gasteiger charge is -2.41. The molecule has 0 aliphatic carbocycles. The van der Waals surface area contributed by atoms with Gasteiger partial charge in [-0.25, -0.2) is 19.9 Å². The fourth-order valence-corrected chi connectivity index (χ4v) is 38.8. The number of hydrogen-bond acceptors (Lipinski definition) is 8. The maximum absolute atomic E-state index is 7.30. The van der Waals surface area contributed by atoms with Crippen molar-refractivity contribution in [2.75, 3.05) is 0 Å². The Labute approximate surface area is 731 Å². The molecule has 14 aromatic carbocycles. The average molecular weight is 1690 g/mol. The third-order valence-electron chi connectivity index (χ3n) is 27.9. The highest BCUT2D eigenvalue weighted by atomic mass is 32.2. The van der Waals surface area contributed by atoms with Crippen LogP contribution in [0.15, 0.2) is 344 Å². The number of benzene rings is 14. The number of rotatable bonds is 11. The molecule has 0 amide bonds. The van der Waals surface area contributed by atoms with Gasteiger partial charge in [0.15, 0.2) is 18.9 Å². The summed E-state index contributed by atoms with van der Waals surface area (Å²) in [7, 11) is -10.4. The predicted octanol–water partition coefficient (Wildman–Crippen LogP) is 21.1. The first-order valence-corrected chi connectivity index (χ1v) is 54.4. The molecule has 0 atom stereocenters. The number of nitrogens with zero attached hydrogens (tertiary/aromatic N) is 5. The Morgan fingerprint density at radius 3 is 1.49 bits per heavy atom. The van der Waals surface area contributed by atoms with Crippen LogP contribution < -0.4 is 66.8 Å². The van der Waals surface area contributed by atoms with Crippen molar-refractivity contribution in [2.24, 2.45) is 0 Å². The first-order chi connectivity index (χ1) is 58.6. The van der Waals surface area contributed by atoms with E-state index in [1.54, 1.807) is 17.7 Å². The second-order valence-electron chi connectivity index (χ2n) is 38.1. The van der Waals surface area contributed by atoms with Gasteiger partial charge < -0.3 is 9.47 Å². The second kappa shape index (κ2) is 30.0. The zero-order chi connectivity index (χ0) is 84.7. The molecule has 0 spiro atoms. The summed E-state index contributed by atoms with van der Waals surface area (Å²) in [6, 6.07) is 122. The molecule has 0 fully saturated rings. The SMILES string of the molecule is CC(C)(C)c1ccc([Si](c2ccccc2)(c2ccccc2)c2ccc(C(C)(C)C)c(-c3cccc4c3sc3nc5ccccc5n34)c2)cc1-c1cccc2c1Oc1ccccc1C(C)(C)C2(C)C.CC1(C)c2cccc([Si](c3ccccc3)(c3ccccc3)c3ncnc(-c4cccc5c4Oc4ccccc4[Si]5(C)C)n3)c2Sc2ccccc2[Si]1(C)C. The summed E-state index contributed by atoms with van der Waals surface area (Å²) in [5.74, 6) is 4.31. The van der Waals surface area contributed by atoms with Crippen molar-refractivity contribution in [1.82, 2.24) is 24.3 Å².